The molecule has 1 aliphatic heterocycles. The van der Waals surface area contributed by atoms with Crippen LogP contribution in [0.5, 0.6) is 5.75 Å². The van der Waals surface area contributed by atoms with Crippen LogP contribution in [0.3, 0.4) is 0 Å². The molecule has 1 aliphatic rings. The SMILES string of the molecule is CCCO[C@H]1CCN(C[C@H](c2ccc(OCCO)cc2)N(C)C(=O)Cc2ccc(Cl)c(Cl)c2)C1. The summed E-state index contributed by atoms with van der Waals surface area (Å²) >= 11 is 12.2. The first-order valence-corrected chi connectivity index (χ1v) is 12.5. The molecule has 186 valence electrons. The van der Waals surface area contributed by atoms with Gasteiger partial charge in [-0.25, -0.2) is 0 Å². The Hall–Kier alpha value is -1.83. The van der Waals surface area contributed by atoms with Gasteiger partial charge in [0.05, 0.1) is 35.2 Å². The molecule has 1 saturated heterocycles. The van der Waals surface area contributed by atoms with Gasteiger partial charge in [0.25, 0.3) is 0 Å². The van der Waals surface area contributed by atoms with E-state index in [1.807, 2.05) is 42.3 Å². The molecule has 2 aromatic rings. The van der Waals surface area contributed by atoms with E-state index in [-0.39, 0.29) is 37.7 Å². The Labute approximate surface area is 212 Å². The lowest BCUT2D eigenvalue weighted by Gasteiger charge is -2.32. The first-order valence-electron chi connectivity index (χ1n) is 11.8. The Kier molecular flexibility index (Phi) is 10.5. The van der Waals surface area contributed by atoms with Crippen LogP contribution in [0.15, 0.2) is 42.5 Å². The third-order valence-corrected chi connectivity index (χ3v) is 6.78. The van der Waals surface area contributed by atoms with Crippen molar-refractivity contribution in [2.75, 3.05) is 46.5 Å². The smallest absolute Gasteiger partial charge is 0.227 e. The van der Waals surface area contributed by atoms with Crippen molar-refractivity contribution in [3.8, 4) is 5.75 Å². The number of aliphatic hydroxyl groups excluding tert-OH is 1. The number of aliphatic hydroxyl groups is 1. The van der Waals surface area contributed by atoms with Crippen LogP contribution in [-0.2, 0) is 16.0 Å². The van der Waals surface area contributed by atoms with Crippen molar-refractivity contribution in [3.63, 3.8) is 0 Å². The second-order valence-corrected chi connectivity index (χ2v) is 9.44. The lowest BCUT2D eigenvalue weighted by Crippen LogP contribution is -2.39. The van der Waals surface area contributed by atoms with Gasteiger partial charge in [-0.3, -0.25) is 9.69 Å². The number of likely N-dealkylation sites (tertiary alicyclic amines) is 1. The Morgan fingerprint density at radius 2 is 1.94 bits per heavy atom. The van der Waals surface area contributed by atoms with Gasteiger partial charge in [-0.1, -0.05) is 48.3 Å². The van der Waals surface area contributed by atoms with E-state index in [0.29, 0.717) is 22.3 Å². The van der Waals surface area contributed by atoms with E-state index in [2.05, 4.69) is 11.8 Å². The third kappa shape index (κ3) is 7.59. The number of ether oxygens (including phenoxy) is 2. The Morgan fingerprint density at radius 1 is 1.18 bits per heavy atom. The summed E-state index contributed by atoms with van der Waals surface area (Å²) in [5, 5.41) is 9.91. The molecule has 0 aliphatic carbocycles. The van der Waals surface area contributed by atoms with Gasteiger partial charge in [0.1, 0.15) is 12.4 Å². The van der Waals surface area contributed by atoms with Crippen molar-refractivity contribution in [1.29, 1.82) is 0 Å². The minimum Gasteiger partial charge on any atom is -0.491 e. The molecule has 0 saturated carbocycles. The third-order valence-electron chi connectivity index (χ3n) is 6.04. The summed E-state index contributed by atoms with van der Waals surface area (Å²) in [7, 11) is 1.85. The highest BCUT2D eigenvalue weighted by atomic mass is 35.5. The van der Waals surface area contributed by atoms with Crippen LogP contribution in [0.4, 0.5) is 0 Å². The van der Waals surface area contributed by atoms with Gasteiger partial charge in [-0.15, -0.1) is 0 Å². The second-order valence-electron chi connectivity index (χ2n) is 8.63. The number of likely N-dealkylation sites (N-methyl/N-ethyl adjacent to an activating group) is 1. The summed E-state index contributed by atoms with van der Waals surface area (Å²) in [6.07, 6.45) is 2.49. The number of nitrogens with zero attached hydrogens (tertiary/aromatic N) is 2. The molecule has 6 nitrogen and oxygen atoms in total. The summed E-state index contributed by atoms with van der Waals surface area (Å²) in [5.41, 5.74) is 1.85. The highest BCUT2D eigenvalue weighted by Gasteiger charge is 2.29. The summed E-state index contributed by atoms with van der Waals surface area (Å²) in [5.74, 6) is 0.692. The molecule has 1 amide bonds. The van der Waals surface area contributed by atoms with Gasteiger partial charge in [0.2, 0.25) is 5.91 Å². The van der Waals surface area contributed by atoms with Crippen molar-refractivity contribution >= 4 is 29.1 Å². The molecular formula is C26H34Cl2N2O4. The molecule has 8 heteroatoms. The van der Waals surface area contributed by atoms with Crippen LogP contribution < -0.4 is 4.74 Å². The number of benzene rings is 2. The summed E-state index contributed by atoms with van der Waals surface area (Å²) in [6.45, 7) is 5.63. The van der Waals surface area contributed by atoms with Gasteiger partial charge in [-0.2, -0.15) is 0 Å². The first kappa shape index (κ1) is 26.8. The van der Waals surface area contributed by atoms with Gasteiger partial charge >= 0.3 is 0 Å². The average Bonchev–Trinajstić information content (AvgIpc) is 3.29. The zero-order chi connectivity index (χ0) is 24.5. The number of rotatable bonds is 12. The zero-order valence-corrected chi connectivity index (χ0v) is 21.4. The maximum absolute atomic E-state index is 13.3. The summed E-state index contributed by atoms with van der Waals surface area (Å²) in [6, 6.07) is 12.9. The number of hydrogen-bond donors (Lipinski definition) is 1. The number of carbonyl (C=O) groups excluding carboxylic acids is 1. The van der Waals surface area contributed by atoms with Crippen molar-refractivity contribution in [2.45, 2.75) is 38.3 Å². The molecule has 0 spiro atoms. The van der Waals surface area contributed by atoms with Crippen LogP contribution in [0.25, 0.3) is 0 Å². The lowest BCUT2D eigenvalue weighted by molar-refractivity contribution is -0.131. The predicted octanol–water partition coefficient (Wildman–Crippen LogP) is 4.61. The maximum Gasteiger partial charge on any atom is 0.227 e. The summed E-state index contributed by atoms with van der Waals surface area (Å²) < 4.78 is 11.5. The van der Waals surface area contributed by atoms with Crippen molar-refractivity contribution in [3.05, 3.63) is 63.6 Å². The van der Waals surface area contributed by atoms with E-state index in [0.717, 1.165) is 43.7 Å². The van der Waals surface area contributed by atoms with Crippen LogP contribution >= 0.6 is 23.2 Å². The molecule has 0 radical (unpaired) electrons. The van der Waals surface area contributed by atoms with E-state index < -0.39 is 0 Å². The number of amides is 1. The average molecular weight is 509 g/mol. The van der Waals surface area contributed by atoms with Gasteiger partial charge in [0.15, 0.2) is 0 Å². The molecule has 0 aromatic heterocycles. The van der Waals surface area contributed by atoms with E-state index in [1.165, 1.54) is 0 Å². The van der Waals surface area contributed by atoms with Gasteiger partial charge in [0, 0.05) is 33.3 Å². The molecule has 2 aromatic carbocycles. The molecule has 3 rings (SSSR count). The number of carbonyl (C=O) groups is 1. The van der Waals surface area contributed by atoms with Crippen molar-refractivity contribution in [2.24, 2.45) is 0 Å². The van der Waals surface area contributed by atoms with Crippen molar-refractivity contribution in [1.82, 2.24) is 9.80 Å². The van der Waals surface area contributed by atoms with E-state index in [4.69, 9.17) is 37.8 Å². The monoisotopic (exact) mass is 508 g/mol. The van der Waals surface area contributed by atoms with Gasteiger partial charge < -0.3 is 19.5 Å². The fourth-order valence-corrected chi connectivity index (χ4v) is 4.47. The molecule has 0 unspecified atom stereocenters. The fraction of sp³-hybridized carbons (Fsp3) is 0.500. The molecule has 1 fully saturated rings. The first-order chi connectivity index (χ1) is 16.4. The van der Waals surface area contributed by atoms with Gasteiger partial charge in [-0.05, 0) is 48.2 Å². The molecule has 34 heavy (non-hydrogen) atoms. The maximum atomic E-state index is 13.3. The largest absolute Gasteiger partial charge is 0.491 e. The second kappa shape index (κ2) is 13.3. The predicted molar refractivity (Wildman–Crippen MR) is 136 cm³/mol. The zero-order valence-electron chi connectivity index (χ0n) is 19.9. The minimum absolute atomic E-state index is 0.00183. The Balaban J connectivity index is 1.74. The van der Waals surface area contributed by atoms with Crippen molar-refractivity contribution < 1.29 is 19.4 Å². The quantitative estimate of drug-likeness (QED) is 0.453. The number of halogens is 2. The van der Waals surface area contributed by atoms with Crippen LogP contribution in [-0.4, -0.2) is 73.4 Å². The van der Waals surface area contributed by atoms with E-state index >= 15 is 0 Å². The fourth-order valence-electron chi connectivity index (χ4n) is 4.15. The van der Waals surface area contributed by atoms with Crippen LogP contribution in [0.2, 0.25) is 10.0 Å². The molecular weight excluding hydrogens is 475 g/mol. The molecule has 1 N–H and O–H groups in total. The topological polar surface area (TPSA) is 62.2 Å². The summed E-state index contributed by atoms with van der Waals surface area (Å²) in [4.78, 5) is 17.4. The Bertz CT molecular complexity index is 926. The van der Waals surface area contributed by atoms with Crippen LogP contribution in [0.1, 0.15) is 36.9 Å². The van der Waals surface area contributed by atoms with Crippen LogP contribution in [0, 0.1) is 0 Å². The van der Waals surface area contributed by atoms with E-state index in [1.54, 1.807) is 12.1 Å². The highest BCUT2D eigenvalue weighted by Crippen LogP contribution is 2.27. The Morgan fingerprint density at radius 3 is 2.62 bits per heavy atom. The minimum atomic E-state index is -0.132. The molecule has 1 heterocycles. The molecule has 2 atom stereocenters. The standard InChI is InChI=1S/C26H34Cl2N2O4/c1-3-13-33-22-10-11-30(17-22)18-25(20-5-7-21(8-6-20)34-14-12-31)29(2)26(32)16-19-4-9-23(27)24(28)15-19/h4-9,15,22,25,31H,3,10-14,16-18H2,1-2H3/t22-,25+/m0/s1. The normalized spacial score (nSPS) is 17.0. The molecule has 0 bridgehead atoms. The number of hydrogen-bond acceptors (Lipinski definition) is 5. The van der Waals surface area contributed by atoms with E-state index in [9.17, 15) is 4.79 Å². The highest BCUT2D eigenvalue weighted by molar-refractivity contribution is 6.42. The lowest BCUT2D eigenvalue weighted by atomic mass is 10.0.